The summed E-state index contributed by atoms with van der Waals surface area (Å²) in [5, 5.41) is 11.5. The zero-order chi connectivity index (χ0) is 12.7. The zero-order valence-electron chi connectivity index (χ0n) is 10.6. The van der Waals surface area contributed by atoms with Crippen LogP contribution < -0.4 is 5.32 Å². The summed E-state index contributed by atoms with van der Waals surface area (Å²) in [5.74, 6) is -0.563. The molecule has 94 valence electrons. The quantitative estimate of drug-likeness (QED) is 0.702. The molecule has 1 amide bonds. The number of carbonyl (C=O) groups is 2. The lowest BCUT2D eigenvalue weighted by molar-refractivity contribution is -0.142. The Morgan fingerprint density at radius 2 is 1.81 bits per heavy atom. The van der Waals surface area contributed by atoms with E-state index in [0.29, 0.717) is 18.8 Å². The fourth-order valence-electron chi connectivity index (χ4n) is 1.41. The van der Waals surface area contributed by atoms with Crippen molar-refractivity contribution in [3.05, 3.63) is 0 Å². The van der Waals surface area contributed by atoms with Crippen molar-refractivity contribution in [1.29, 1.82) is 0 Å². The van der Waals surface area contributed by atoms with E-state index in [9.17, 15) is 9.59 Å². The minimum Gasteiger partial charge on any atom is -0.480 e. The van der Waals surface area contributed by atoms with Crippen LogP contribution in [0, 0.1) is 11.8 Å². The van der Waals surface area contributed by atoms with Crippen LogP contribution in [0.5, 0.6) is 0 Å². The van der Waals surface area contributed by atoms with E-state index in [1.54, 1.807) is 0 Å². The van der Waals surface area contributed by atoms with Gasteiger partial charge in [-0.1, -0.05) is 34.1 Å². The highest BCUT2D eigenvalue weighted by atomic mass is 16.4. The molecule has 0 fully saturated rings. The van der Waals surface area contributed by atoms with Crippen molar-refractivity contribution in [3.63, 3.8) is 0 Å². The SMILES string of the molecule is CCC(C)CC(=O)N[C@@H](CC(C)C)C(=O)O. The fraction of sp³-hybridized carbons (Fsp3) is 0.833. The maximum Gasteiger partial charge on any atom is 0.326 e. The summed E-state index contributed by atoms with van der Waals surface area (Å²) >= 11 is 0. The van der Waals surface area contributed by atoms with Gasteiger partial charge in [-0.3, -0.25) is 4.79 Å². The molecule has 4 nitrogen and oxygen atoms in total. The van der Waals surface area contributed by atoms with Gasteiger partial charge in [0.1, 0.15) is 6.04 Å². The molecule has 2 atom stereocenters. The number of hydrogen-bond acceptors (Lipinski definition) is 2. The van der Waals surface area contributed by atoms with Gasteiger partial charge in [0, 0.05) is 6.42 Å². The summed E-state index contributed by atoms with van der Waals surface area (Å²) in [4.78, 5) is 22.4. The molecule has 0 aliphatic rings. The number of aliphatic carboxylic acids is 1. The smallest absolute Gasteiger partial charge is 0.326 e. The molecule has 0 spiro atoms. The third-order valence-corrected chi connectivity index (χ3v) is 2.57. The molecule has 0 heterocycles. The average Bonchev–Trinajstić information content (AvgIpc) is 2.15. The molecule has 0 aromatic rings. The van der Waals surface area contributed by atoms with E-state index in [0.717, 1.165) is 6.42 Å². The predicted molar refractivity (Wildman–Crippen MR) is 63.1 cm³/mol. The number of amides is 1. The topological polar surface area (TPSA) is 66.4 Å². The minimum atomic E-state index is -0.953. The molecule has 2 N–H and O–H groups in total. The molecule has 0 aromatic heterocycles. The first-order valence-corrected chi connectivity index (χ1v) is 5.88. The summed E-state index contributed by atoms with van der Waals surface area (Å²) < 4.78 is 0. The van der Waals surface area contributed by atoms with Crippen molar-refractivity contribution < 1.29 is 14.7 Å². The van der Waals surface area contributed by atoms with Crippen LogP contribution in [0.15, 0.2) is 0 Å². The Labute approximate surface area is 97.4 Å². The van der Waals surface area contributed by atoms with Crippen molar-refractivity contribution >= 4 is 11.9 Å². The van der Waals surface area contributed by atoms with E-state index >= 15 is 0 Å². The van der Waals surface area contributed by atoms with Gasteiger partial charge in [0.05, 0.1) is 0 Å². The summed E-state index contributed by atoms with van der Waals surface area (Å²) in [7, 11) is 0. The van der Waals surface area contributed by atoms with Gasteiger partial charge in [0.15, 0.2) is 0 Å². The van der Waals surface area contributed by atoms with Crippen molar-refractivity contribution in [2.45, 2.75) is 53.0 Å². The first kappa shape index (κ1) is 14.9. The van der Waals surface area contributed by atoms with Gasteiger partial charge in [-0.2, -0.15) is 0 Å². The maximum atomic E-state index is 11.5. The van der Waals surface area contributed by atoms with Crippen molar-refractivity contribution in [1.82, 2.24) is 5.32 Å². The molecule has 4 heteroatoms. The fourth-order valence-corrected chi connectivity index (χ4v) is 1.41. The van der Waals surface area contributed by atoms with Gasteiger partial charge >= 0.3 is 5.97 Å². The molecular formula is C12H23NO3. The van der Waals surface area contributed by atoms with Crippen LogP contribution in [0.2, 0.25) is 0 Å². The van der Waals surface area contributed by atoms with Gasteiger partial charge in [0.2, 0.25) is 5.91 Å². The van der Waals surface area contributed by atoms with Crippen LogP contribution in [0.25, 0.3) is 0 Å². The maximum absolute atomic E-state index is 11.5. The Hall–Kier alpha value is -1.06. The highest BCUT2D eigenvalue weighted by molar-refractivity contribution is 5.83. The van der Waals surface area contributed by atoms with Crippen molar-refractivity contribution in [3.8, 4) is 0 Å². The lowest BCUT2D eigenvalue weighted by Crippen LogP contribution is -2.42. The summed E-state index contributed by atoms with van der Waals surface area (Å²) in [6.07, 6.45) is 1.80. The standard InChI is InChI=1S/C12H23NO3/c1-5-9(4)7-11(14)13-10(12(15)16)6-8(2)3/h8-10H,5-7H2,1-4H3,(H,13,14)(H,15,16)/t9?,10-/m0/s1. The normalized spacial score (nSPS) is 14.6. The number of carboxylic acids is 1. The number of carbonyl (C=O) groups excluding carboxylic acids is 1. The molecule has 0 radical (unpaired) electrons. The second-order valence-electron chi connectivity index (χ2n) is 4.81. The Morgan fingerprint density at radius 3 is 2.19 bits per heavy atom. The molecule has 16 heavy (non-hydrogen) atoms. The number of carboxylic acid groups (broad SMARTS) is 1. The van der Waals surface area contributed by atoms with Crippen molar-refractivity contribution in [2.75, 3.05) is 0 Å². The summed E-state index contributed by atoms with van der Waals surface area (Å²) in [6, 6.07) is -0.753. The van der Waals surface area contributed by atoms with Gasteiger partial charge in [0.25, 0.3) is 0 Å². The van der Waals surface area contributed by atoms with E-state index in [2.05, 4.69) is 5.32 Å². The van der Waals surface area contributed by atoms with Gasteiger partial charge in [-0.05, 0) is 18.3 Å². The van der Waals surface area contributed by atoms with Gasteiger partial charge in [-0.25, -0.2) is 4.79 Å². The third kappa shape index (κ3) is 6.43. The molecule has 0 aliphatic heterocycles. The van der Waals surface area contributed by atoms with E-state index in [-0.39, 0.29) is 11.8 Å². The predicted octanol–water partition coefficient (Wildman–Crippen LogP) is 2.04. The zero-order valence-corrected chi connectivity index (χ0v) is 10.6. The molecule has 0 saturated carbocycles. The Morgan fingerprint density at radius 1 is 1.25 bits per heavy atom. The average molecular weight is 229 g/mol. The highest BCUT2D eigenvalue weighted by Gasteiger charge is 2.21. The van der Waals surface area contributed by atoms with Gasteiger partial charge < -0.3 is 10.4 Å². The molecular weight excluding hydrogens is 206 g/mol. The Bertz CT molecular complexity index is 238. The Balaban J connectivity index is 4.18. The molecule has 0 rings (SSSR count). The van der Waals surface area contributed by atoms with Crippen LogP contribution >= 0.6 is 0 Å². The summed E-state index contributed by atoms with van der Waals surface area (Å²) in [5.41, 5.74) is 0. The van der Waals surface area contributed by atoms with Crippen LogP contribution in [0.1, 0.15) is 47.0 Å². The largest absolute Gasteiger partial charge is 0.480 e. The lowest BCUT2D eigenvalue weighted by Gasteiger charge is -2.17. The summed E-state index contributed by atoms with van der Waals surface area (Å²) in [6.45, 7) is 7.88. The molecule has 0 aromatic carbocycles. The number of nitrogens with one attached hydrogen (secondary N) is 1. The lowest BCUT2D eigenvalue weighted by atomic mass is 10.0. The number of hydrogen-bond donors (Lipinski definition) is 2. The van der Waals surface area contributed by atoms with Crippen molar-refractivity contribution in [2.24, 2.45) is 11.8 Å². The first-order valence-electron chi connectivity index (χ1n) is 5.88. The third-order valence-electron chi connectivity index (χ3n) is 2.57. The minimum absolute atomic E-state index is 0.164. The molecule has 0 saturated heterocycles. The van der Waals surface area contributed by atoms with Crippen LogP contribution in [0.4, 0.5) is 0 Å². The first-order chi connectivity index (χ1) is 7.36. The molecule has 0 bridgehead atoms. The molecule has 1 unspecified atom stereocenters. The van der Waals surface area contributed by atoms with Crippen LogP contribution in [-0.4, -0.2) is 23.0 Å². The van der Waals surface area contributed by atoms with E-state index in [1.165, 1.54) is 0 Å². The van der Waals surface area contributed by atoms with E-state index in [4.69, 9.17) is 5.11 Å². The van der Waals surface area contributed by atoms with Crippen LogP contribution in [-0.2, 0) is 9.59 Å². The molecule has 0 aliphatic carbocycles. The van der Waals surface area contributed by atoms with Crippen LogP contribution in [0.3, 0.4) is 0 Å². The second-order valence-corrected chi connectivity index (χ2v) is 4.81. The second kappa shape index (κ2) is 7.25. The van der Waals surface area contributed by atoms with E-state index < -0.39 is 12.0 Å². The number of rotatable bonds is 7. The van der Waals surface area contributed by atoms with E-state index in [1.807, 2.05) is 27.7 Å². The monoisotopic (exact) mass is 229 g/mol. The Kier molecular flexibility index (Phi) is 6.77. The van der Waals surface area contributed by atoms with Gasteiger partial charge in [-0.15, -0.1) is 0 Å². The highest BCUT2D eigenvalue weighted by Crippen LogP contribution is 2.08.